The van der Waals surface area contributed by atoms with Crippen molar-refractivity contribution in [3.05, 3.63) is 0 Å². The van der Waals surface area contributed by atoms with Crippen molar-refractivity contribution in [3.63, 3.8) is 0 Å². The summed E-state index contributed by atoms with van der Waals surface area (Å²) in [5, 5.41) is 16.7. The summed E-state index contributed by atoms with van der Waals surface area (Å²) in [6.45, 7) is 0. The summed E-state index contributed by atoms with van der Waals surface area (Å²) < 4.78 is 64.5. The van der Waals surface area contributed by atoms with E-state index in [1.807, 2.05) is 0 Å². The molecule has 0 aromatic carbocycles. The fraction of sp³-hybridized carbons (Fsp3) is 0. The predicted octanol–water partition coefficient (Wildman–Crippen LogP) is -7.78. The van der Waals surface area contributed by atoms with Crippen LogP contribution in [0.2, 0.25) is 0 Å². The Balaban J connectivity index is -0.0000000189. The summed E-state index contributed by atoms with van der Waals surface area (Å²) in [6, 6.07) is 0. The van der Waals surface area contributed by atoms with Gasteiger partial charge >= 0.3 is 37.7 Å². The van der Waals surface area contributed by atoms with E-state index in [0.29, 0.717) is 0 Å². The molecule has 0 rings (SSSR count). The smallest absolute Gasteiger partial charge is 0.652 e. The van der Waals surface area contributed by atoms with Gasteiger partial charge in [-0.05, 0) is 6.16 Å². The first kappa shape index (κ1) is 5.11. The fourth-order valence-electron chi connectivity index (χ4n) is 0. The Labute approximate surface area is 109 Å². The molecule has 0 atom stereocenters. The third kappa shape index (κ3) is 8420. The second-order valence-electron chi connectivity index (χ2n) is 0.250. The van der Waals surface area contributed by atoms with E-state index in [-0.39, 0.29) is 37.7 Å². The molecular formula is CH12CaO9. The zero-order valence-electron chi connectivity index (χ0n) is 16.9. The molecule has 0 bridgehead atoms. The number of carbonyl (C=O) groups excluding carboxylic acids is 1. The molecule has 0 aliphatic heterocycles. The topological polar surface area (TPSA) is 252 Å². The molecule has 0 aliphatic carbocycles. The number of hydrogen-bond acceptors (Lipinski definition) is 3. The van der Waals surface area contributed by atoms with Crippen molar-refractivity contribution in [2.75, 3.05) is 0 Å². The molecule has 0 aromatic rings. The van der Waals surface area contributed by atoms with E-state index in [2.05, 4.69) is 32.9 Å². The molecule has 0 heterocycles. The van der Waals surface area contributed by atoms with Crippen LogP contribution in [0.25, 0.3) is 0 Å². The molecule has 0 spiro atoms. The van der Waals surface area contributed by atoms with Gasteiger partial charge in [0, 0.05) is 0 Å². The van der Waals surface area contributed by atoms with Gasteiger partial charge in [0.15, 0.2) is 0 Å². The maximum Gasteiger partial charge on any atom is 2.00 e. The van der Waals surface area contributed by atoms with Crippen molar-refractivity contribution in [1.82, 2.24) is 0 Å². The summed E-state index contributed by atoms with van der Waals surface area (Å²) in [7, 11) is 0. The first-order chi connectivity index (χ1) is 10.2. The summed E-state index contributed by atoms with van der Waals surface area (Å²) >= 11 is 0. The molecular weight excluding hydrogens is 196 g/mol. The maximum atomic E-state index is 8.33. The number of hydrogen-bond donors (Lipinski definition) is 0. The Morgan fingerprint density at radius 3 is 1.00 bits per heavy atom. The van der Waals surface area contributed by atoms with E-state index in [4.69, 9.17) is 32.2 Å². The van der Waals surface area contributed by atoms with Gasteiger partial charge in [-0.25, -0.2) is 0 Å². The molecule has 0 radical (unpaired) electrons. The number of carbonyl (C=O) groups is 1. The van der Waals surface area contributed by atoms with E-state index < -0.39 is 6.16 Å². The molecule has 10 heteroatoms. The zero-order valence-corrected chi connectivity index (χ0v) is 7.09. The first-order valence-electron chi connectivity index (χ1n) is 5.51. The molecule has 0 amide bonds. The Hall–Kier alpha value is 0.290. The largest absolute Gasteiger partial charge is 2.00 e. The van der Waals surface area contributed by atoms with Crippen LogP contribution in [0.5, 0.6) is 0 Å². The summed E-state index contributed by atoms with van der Waals surface area (Å²) in [5.74, 6) is 0. The van der Waals surface area contributed by atoms with Crippen LogP contribution >= 0.6 is 0 Å². The Kier molecular flexibility index (Phi) is 38.1. The van der Waals surface area contributed by atoms with Crippen LogP contribution in [0, 0.1) is 0 Å². The number of carboxylic acid groups (broad SMARTS) is 2. The Bertz CT molecular complexity index is 95.0. The van der Waals surface area contributed by atoms with Gasteiger partial charge in [-0.3, -0.25) is 0 Å². The number of rotatable bonds is 0. The van der Waals surface area contributed by atoms with Crippen LogP contribution in [-0.2, 0) is 0 Å². The van der Waals surface area contributed by atoms with Gasteiger partial charge in [-0.2, -0.15) is 0 Å². The van der Waals surface area contributed by atoms with Gasteiger partial charge in [-0.15, -0.1) is 0 Å². The fourth-order valence-corrected chi connectivity index (χ4v) is 0. The predicted molar refractivity (Wildman–Crippen MR) is 32.8 cm³/mol. The van der Waals surface area contributed by atoms with Crippen molar-refractivity contribution >= 4 is 43.9 Å². The molecule has 12 N–H and O–H groups in total. The van der Waals surface area contributed by atoms with Crippen molar-refractivity contribution in [2.45, 2.75) is 0 Å². The van der Waals surface area contributed by atoms with Gasteiger partial charge in [0.2, 0.25) is 17.2 Å². The Morgan fingerprint density at radius 1 is 1.00 bits per heavy atom. The minimum atomic E-state index is -2.33. The van der Waals surface area contributed by atoms with Gasteiger partial charge in [-0.1, -0.05) is 0 Å². The molecule has 0 fully saturated rings. The van der Waals surface area contributed by atoms with Crippen LogP contribution < -0.4 is 10.2 Å². The molecule has 11 heavy (non-hydrogen) atoms. The van der Waals surface area contributed by atoms with E-state index in [1.165, 1.54) is 0 Å². The minimum absolute atomic E-state index is 0. The van der Waals surface area contributed by atoms with E-state index in [1.54, 1.807) is 0 Å². The third-order valence-electron chi connectivity index (χ3n) is 0. The van der Waals surface area contributed by atoms with Crippen molar-refractivity contribution in [1.29, 1.82) is 17.2 Å². The standard InChI is InChI=1S/CH2O3.Ca.6H2O/c2-1(3)4;;;;;;;/h(H2,2,3,4);;6*1H2/q;+2;;;;;;/p-2/i/hD12. The van der Waals surface area contributed by atoms with Crippen molar-refractivity contribution in [2.24, 2.45) is 0 Å². The van der Waals surface area contributed by atoms with Gasteiger partial charge in [0.1, 0.15) is 0 Å². The normalized spacial score (nSPS) is 13.1. The summed E-state index contributed by atoms with van der Waals surface area (Å²) in [5.41, 5.74) is 16.5. The van der Waals surface area contributed by atoms with Crippen LogP contribution in [0.1, 0.15) is 0 Å². The van der Waals surface area contributed by atoms with E-state index in [0.717, 1.165) is 0 Å². The maximum absolute atomic E-state index is 8.33. The van der Waals surface area contributed by atoms with E-state index in [9.17, 15) is 0 Å². The molecule has 0 aliphatic rings. The van der Waals surface area contributed by atoms with Gasteiger partial charge in [0.05, 0.1) is 0 Å². The van der Waals surface area contributed by atoms with Gasteiger partial charge < -0.3 is 47.9 Å². The molecule has 9 nitrogen and oxygen atoms in total. The van der Waals surface area contributed by atoms with E-state index >= 15 is 0 Å². The molecule has 0 unspecified atom stereocenters. The minimum Gasteiger partial charge on any atom is -0.652 e. The third-order valence-corrected chi connectivity index (χ3v) is 0. The van der Waals surface area contributed by atoms with Crippen molar-refractivity contribution in [3.8, 4) is 0 Å². The quantitative estimate of drug-likeness (QED) is 0.360. The molecule has 72 valence electrons. The Morgan fingerprint density at radius 2 is 1.00 bits per heavy atom. The molecule has 0 saturated carbocycles. The van der Waals surface area contributed by atoms with Crippen molar-refractivity contribution < 1.29 is 47.9 Å². The van der Waals surface area contributed by atoms with Crippen LogP contribution in [0.4, 0.5) is 4.79 Å². The molecule has 0 saturated heterocycles. The summed E-state index contributed by atoms with van der Waals surface area (Å²) in [4.78, 5) is 8.33. The SMILES string of the molecule is O=C([O-])[O-].[2H]O[2H].[2H]O[2H].[2H]O[2H].[2H]O[2H].[2H]O[2H].[2H]O[2H].[Ca+2]. The molecule has 0 aromatic heterocycles. The van der Waals surface area contributed by atoms with Crippen LogP contribution in [0.15, 0.2) is 0 Å². The first-order valence-corrected chi connectivity index (χ1v) is 0.612. The summed E-state index contributed by atoms with van der Waals surface area (Å²) in [6.07, 6.45) is -2.33. The second-order valence-corrected chi connectivity index (χ2v) is 0.250. The van der Waals surface area contributed by atoms with Gasteiger partial charge in [0.25, 0.3) is 0 Å². The monoisotopic (exact) mass is 220 g/mol. The second kappa shape index (κ2) is 82.1. The van der Waals surface area contributed by atoms with Crippen LogP contribution in [0.3, 0.4) is 0 Å². The average molecular weight is 220 g/mol. The zero-order chi connectivity index (χ0) is 19.8. The average Bonchev–Trinajstić information content (AvgIpc) is 2.33. The van der Waals surface area contributed by atoms with Crippen LogP contribution in [-0.4, -0.2) is 94.0 Å².